The molecule has 0 radical (unpaired) electrons. The number of nitrogens with two attached hydrogens (primary N) is 1. The second kappa shape index (κ2) is 7.71. The molecule has 0 saturated carbocycles. The Morgan fingerprint density at radius 2 is 2.03 bits per heavy atom. The van der Waals surface area contributed by atoms with Crippen molar-refractivity contribution in [3.63, 3.8) is 0 Å². The lowest BCUT2D eigenvalue weighted by molar-refractivity contribution is 0.617. The molecule has 0 bridgehead atoms. The number of nitrogens with one attached hydrogen (secondary N) is 1. The number of imidazole rings is 1. The number of rotatable bonds is 5. The van der Waals surface area contributed by atoms with Gasteiger partial charge in [-0.05, 0) is 18.6 Å². The first-order valence-corrected chi connectivity index (χ1v) is 9.07. The molecule has 1 unspecified atom stereocenters. The van der Waals surface area contributed by atoms with Gasteiger partial charge >= 0.3 is 0 Å². The molecule has 4 aromatic rings. The van der Waals surface area contributed by atoms with Crippen LogP contribution >= 0.6 is 0 Å². The molecule has 0 fully saturated rings. The summed E-state index contributed by atoms with van der Waals surface area (Å²) in [5.41, 5.74) is 7.26. The van der Waals surface area contributed by atoms with Crippen LogP contribution in [0.5, 0.6) is 0 Å². The smallest absolute Gasteiger partial charge is 0.150 e. The van der Waals surface area contributed by atoms with Crippen LogP contribution in [0.4, 0.5) is 20.4 Å². The maximum atomic E-state index is 14.0. The van der Waals surface area contributed by atoms with E-state index in [4.69, 9.17) is 5.73 Å². The first-order valence-electron chi connectivity index (χ1n) is 9.07. The van der Waals surface area contributed by atoms with Crippen molar-refractivity contribution in [3.8, 4) is 11.8 Å². The highest BCUT2D eigenvalue weighted by Gasteiger charge is 2.23. The monoisotopic (exact) mass is 406 g/mol. The second-order valence-electron chi connectivity index (χ2n) is 6.50. The summed E-state index contributed by atoms with van der Waals surface area (Å²) in [5.74, 6) is -0.204. The predicted molar refractivity (Wildman–Crippen MR) is 107 cm³/mol. The fraction of sp³-hybridized carbons (Fsp3) is 0.150. The number of nitriles is 1. The third-order valence-electron chi connectivity index (χ3n) is 4.61. The molecule has 4 rings (SSSR count). The summed E-state index contributed by atoms with van der Waals surface area (Å²) < 4.78 is 29.5. The van der Waals surface area contributed by atoms with Gasteiger partial charge in [-0.25, -0.2) is 23.7 Å². The number of hydrogen-bond donors (Lipinski definition) is 2. The van der Waals surface area contributed by atoms with Gasteiger partial charge in [-0.15, -0.1) is 0 Å². The number of halogens is 2. The van der Waals surface area contributed by atoms with Crippen LogP contribution in [0.2, 0.25) is 0 Å². The molecule has 3 heterocycles. The van der Waals surface area contributed by atoms with Crippen LogP contribution in [-0.2, 0) is 0 Å². The molecule has 10 heteroatoms. The van der Waals surface area contributed by atoms with Gasteiger partial charge in [0.1, 0.15) is 47.1 Å². The lowest BCUT2D eigenvalue weighted by Crippen LogP contribution is -2.17. The zero-order valence-corrected chi connectivity index (χ0v) is 15.8. The maximum absolute atomic E-state index is 14.0. The van der Waals surface area contributed by atoms with E-state index in [-0.39, 0.29) is 17.2 Å². The summed E-state index contributed by atoms with van der Waals surface area (Å²) in [7, 11) is 0. The SMILES string of the molecule is CCC(Nc1ncnc(N)c1C#N)c1nc2ccc(F)cc2n1-c1cncc(F)c1. The zero-order chi connectivity index (χ0) is 21.3. The highest BCUT2D eigenvalue weighted by atomic mass is 19.1. The van der Waals surface area contributed by atoms with Crippen molar-refractivity contribution in [2.75, 3.05) is 11.1 Å². The Kier molecular flexibility index (Phi) is 4.93. The molecule has 0 amide bonds. The highest BCUT2D eigenvalue weighted by molar-refractivity contribution is 5.78. The Bertz CT molecular complexity index is 1280. The predicted octanol–water partition coefficient (Wildman–Crippen LogP) is 3.51. The molecular formula is C20H16F2N8. The third kappa shape index (κ3) is 3.37. The van der Waals surface area contributed by atoms with Crippen LogP contribution in [0.25, 0.3) is 16.7 Å². The Labute approximate surface area is 170 Å². The number of nitrogens with zero attached hydrogens (tertiary/aromatic N) is 6. The summed E-state index contributed by atoms with van der Waals surface area (Å²) in [6, 6.07) is 7.00. The number of hydrogen-bond acceptors (Lipinski definition) is 7. The molecule has 3 N–H and O–H groups in total. The first-order chi connectivity index (χ1) is 14.5. The summed E-state index contributed by atoms with van der Waals surface area (Å²) in [6.45, 7) is 1.91. The number of nitrogen functional groups attached to an aromatic ring is 1. The van der Waals surface area contributed by atoms with E-state index in [0.29, 0.717) is 29.0 Å². The molecule has 0 aliphatic carbocycles. The Morgan fingerprint density at radius 1 is 1.20 bits per heavy atom. The molecule has 0 saturated heterocycles. The standard InChI is InChI=1S/C20H16F2N8/c1-2-15(28-19-14(7-23)18(24)26-10-27-19)20-29-16-4-3-11(21)6-17(16)30(20)13-5-12(22)8-25-9-13/h3-6,8-10,15H,2H2,1H3,(H3,24,26,27,28). The fourth-order valence-electron chi connectivity index (χ4n) is 3.23. The van der Waals surface area contributed by atoms with E-state index < -0.39 is 17.7 Å². The normalized spacial score (nSPS) is 11.9. The van der Waals surface area contributed by atoms with Crippen molar-refractivity contribution in [1.29, 1.82) is 5.26 Å². The first kappa shape index (κ1) is 19.2. The Morgan fingerprint density at radius 3 is 2.77 bits per heavy atom. The van der Waals surface area contributed by atoms with Crippen LogP contribution < -0.4 is 11.1 Å². The largest absolute Gasteiger partial charge is 0.382 e. The fourth-order valence-corrected chi connectivity index (χ4v) is 3.23. The number of benzene rings is 1. The van der Waals surface area contributed by atoms with Crippen LogP contribution in [0.1, 0.15) is 30.8 Å². The molecule has 0 spiro atoms. The van der Waals surface area contributed by atoms with Crippen molar-refractivity contribution in [2.45, 2.75) is 19.4 Å². The average molecular weight is 406 g/mol. The Balaban J connectivity index is 1.90. The molecule has 1 atom stereocenters. The third-order valence-corrected chi connectivity index (χ3v) is 4.61. The van der Waals surface area contributed by atoms with E-state index in [9.17, 15) is 14.0 Å². The molecule has 8 nitrogen and oxygen atoms in total. The molecule has 0 aliphatic rings. The molecular weight excluding hydrogens is 390 g/mol. The van der Waals surface area contributed by atoms with Crippen molar-refractivity contribution in [2.24, 2.45) is 0 Å². The van der Waals surface area contributed by atoms with E-state index >= 15 is 0 Å². The van der Waals surface area contributed by atoms with Crippen LogP contribution in [0, 0.1) is 23.0 Å². The molecule has 0 aliphatic heterocycles. The second-order valence-corrected chi connectivity index (χ2v) is 6.50. The molecule has 1 aromatic carbocycles. The number of pyridine rings is 1. The zero-order valence-electron chi connectivity index (χ0n) is 15.8. The van der Waals surface area contributed by atoms with Gasteiger partial charge in [0.25, 0.3) is 0 Å². The van der Waals surface area contributed by atoms with Gasteiger partial charge in [0, 0.05) is 12.1 Å². The lowest BCUT2D eigenvalue weighted by Gasteiger charge is -2.20. The van der Waals surface area contributed by atoms with Gasteiger partial charge in [0.05, 0.1) is 35.2 Å². The number of anilines is 2. The van der Waals surface area contributed by atoms with Crippen LogP contribution in [0.15, 0.2) is 43.0 Å². The lowest BCUT2D eigenvalue weighted by atomic mass is 10.2. The van der Waals surface area contributed by atoms with Crippen molar-refractivity contribution >= 4 is 22.7 Å². The molecule has 150 valence electrons. The molecule has 3 aromatic heterocycles. The minimum Gasteiger partial charge on any atom is -0.382 e. The van der Waals surface area contributed by atoms with Crippen molar-refractivity contribution in [3.05, 3.63) is 66.0 Å². The number of aromatic nitrogens is 5. The van der Waals surface area contributed by atoms with Gasteiger partial charge in [-0.1, -0.05) is 6.92 Å². The average Bonchev–Trinajstić information content (AvgIpc) is 3.10. The van der Waals surface area contributed by atoms with Gasteiger partial charge in [0.15, 0.2) is 0 Å². The highest BCUT2D eigenvalue weighted by Crippen LogP contribution is 2.30. The Hall–Kier alpha value is -4.13. The van der Waals surface area contributed by atoms with Gasteiger partial charge in [-0.2, -0.15) is 5.26 Å². The minimum absolute atomic E-state index is 0.0507. The summed E-state index contributed by atoms with van der Waals surface area (Å²) in [5, 5.41) is 12.6. The summed E-state index contributed by atoms with van der Waals surface area (Å²) in [6.07, 6.45) is 4.33. The van der Waals surface area contributed by atoms with Crippen LogP contribution in [-0.4, -0.2) is 24.5 Å². The summed E-state index contributed by atoms with van der Waals surface area (Å²) >= 11 is 0. The van der Waals surface area contributed by atoms with E-state index in [1.54, 1.807) is 10.6 Å². The van der Waals surface area contributed by atoms with Crippen LogP contribution in [0.3, 0.4) is 0 Å². The van der Waals surface area contributed by atoms with E-state index in [2.05, 4.69) is 25.3 Å². The maximum Gasteiger partial charge on any atom is 0.150 e. The quantitative estimate of drug-likeness (QED) is 0.521. The van der Waals surface area contributed by atoms with Crippen molar-refractivity contribution < 1.29 is 8.78 Å². The van der Waals surface area contributed by atoms with E-state index in [1.807, 2.05) is 13.0 Å². The molecule has 30 heavy (non-hydrogen) atoms. The summed E-state index contributed by atoms with van der Waals surface area (Å²) in [4.78, 5) is 16.5. The van der Waals surface area contributed by atoms with E-state index in [0.717, 1.165) is 6.20 Å². The van der Waals surface area contributed by atoms with Gasteiger partial charge in [-0.3, -0.25) is 9.55 Å². The topological polar surface area (TPSA) is 118 Å². The van der Waals surface area contributed by atoms with Gasteiger partial charge in [0.2, 0.25) is 0 Å². The van der Waals surface area contributed by atoms with Crippen molar-refractivity contribution in [1.82, 2.24) is 24.5 Å². The van der Waals surface area contributed by atoms with E-state index in [1.165, 1.54) is 30.7 Å². The minimum atomic E-state index is -0.534. The number of fused-ring (bicyclic) bond motifs is 1. The van der Waals surface area contributed by atoms with Gasteiger partial charge < -0.3 is 11.1 Å².